The number of thioether (sulfide) groups is 1. The summed E-state index contributed by atoms with van der Waals surface area (Å²) < 4.78 is 39.8. The van der Waals surface area contributed by atoms with E-state index >= 15 is 0 Å². The lowest BCUT2D eigenvalue weighted by Gasteiger charge is -2.14. The zero-order valence-corrected chi connectivity index (χ0v) is 14.1. The van der Waals surface area contributed by atoms with Crippen LogP contribution in [0, 0.1) is 5.92 Å². The third-order valence-electron chi connectivity index (χ3n) is 2.86. The van der Waals surface area contributed by atoms with Gasteiger partial charge < -0.3 is 5.73 Å². The number of hydrogen-bond acceptors (Lipinski definition) is 4. The van der Waals surface area contributed by atoms with E-state index in [4.69, 9.17) is 17.3 Å². The van der Waals surface area contributed by atoms with E-state index in [1.807, 2.05) is 6.07 Å². The molecule has 0 aliphatic rings. The molecular formula is C15H15ClF3N3S. The minimum atomic E-state index is -4.67. The molecule has 124 valence electrons. The van der Waals surface area contributed by atoms with Crippen LogP contribution in [0.4, 0.5) is 19.1 Å². The minimum absolute atomic E-state index is 0.293. The Labute approximate surface area is 141 Å². The lowest BCUT2D eigenvalue weighted by Crippen LogP contribution is -2.12. The molecular weight excluding hydrogens is 347 g/mol. The van der Waals surface area contributed by atoms with Crippen molar-refractivity contribution in [3.05, 3.63) is 35.0 Å². The van der Waals surface area contributed by atoms with E-state index in [2.05, 4.69) is 23.8 Å². The molecule has 0 saturated heterocycles. The van der Waals surface area contributed by atoms with Crippen LogP contribution in [0.25, 0.3) is 11.3 Å². The maximum Gasteiger partial charge on any atom is 0.421 e. The molecule has 0 saturated carbocycles. The summed E-state index contributed by atoms with van der Waals surface area (Å²) in [4.78, 5) is 8.03. The third kappa shape index (κ3) is 4.51. The van der Waals surface area contributed by atoms with Gasteiger partial charge in [0.15, 0.2) is 0 Å². The molecule has 0 bridgehead atoms. The summed E-state index contributed by atoms with van der Waals surface area (Å²) in [5.74, 6) is 1.04. The molecule has 2 rings (SSSR count). The molecule has 1 aromatic heterocycles. The number of hydrogen-bond donors (Lipinski definition) is 1. The minimum Gasteiger partial charge on any atom is -0.368 e. The number of aromatic nitrogens is 2. The number of nitrogen functional groups attached to an aromatic ring is 1. The Morgan fingerprint density at radius 3 is 2.57 bits per heavy atom. The fourth-order valence-electron chi connectivity index (χ4n) is 1.91. The molecule has 0 aliphatic carbocycles. The fourth-order valence-corrected chi connectivity index (χ4v) is 3.10. The first kappa shape index (κ1) is 17.9. The van der Waals surface area contributed by atoms with E-state index in [0.29, 0.717) is 11.5 Å². The van der Waals surface area contributed by atoms with Crippen LogP contribution in [-0.2, 0) is 6.18 Å². The van der Waals surface area contributed by atoms with Gasteiger partial charge in [0, 0.05) is 16.2 Å². The Morgan fingerprint density at radius 2 is 1.96 bits per heavy atom. The first-order valence-corrected chi connectivity index (χ1v) is 8.18. The highest BCUT2D eigenvalue weighted by molar-refractivity contribution is 7.99. The van der Waals surface area contributed by atoms with Gasteiger partial charge in [-0.25, -0.2) is 9.97 Å². The van der Waals surface area contributed by atoms with Crippen molar-refractivity contribution in [1.82, 2.24) is 9.97 Å². The molecule has 2 aromatic rings. The summed E-state index contributed by atoms with van der Waals surface area (Å²) in [5, 5.41) is -0.694. The van der Waals surface area contributed by atoms with E-state index in [1.165, 1.54) is 0 Å². The molecule has 1 heterocycles. The standard InChI is InChI=1S/C15H15ClF3N3S/c1-8(2)7-23-10-5-3-4-9(6-10)12-11(15(17,18)19)13(16)22-14(20)21-12/h3-6,8H,7H2,1-2H3,(H2,20,21,22). The topological polar surface area (TPSA) is 51.8 Å². The van der Waals surface area contributed by atoms with Crippen molar-refractivity contribution >= 4 is 29.3 Å². The molecule has 0 unspecified atom stereocenters. The molecule has 3 nitrogen and oxygen atoms in total. The van der Waals surface area contributed by atoms with Gasteiger partial charge in [0.05, 0.1) is 5.69 Å². The molecule has 2 N–H and O–H groups in total. The van der Waals surface area contributed by atoms with Gasteiger partial charge in [0.2, 0.25) is 5.95 Å². The van der Waals surface area contributed by atoms with Crippen LogP contribution in [0.2, 0.25) is 5.15 Å². The highest BCUT2D eigenvalue weighted by Gasteiger charge is 2.38. The van der Waals surface area contributed by atoms with Crippen molar-refractivity contribution in [3.8, 4) is 11.3 Å². The zero-order valence-electron chi connectivity index (χ0n) is 12.5. The van der Waals surface area contributed by atoms with Crippen LogP contribution < -0.4 is 5.73 Å². The van der Waals surface area contributed by atoms with Crippen LogP contribution in [-0.4, -0.2) is 15.7 Å². The van der Waals surface area contributed by atoms with Crippen LogP contribution in [0.1, 0.15) is 19.4 Å². The summed E-state index contributed by atoms with van der Waals surface area (Å²) in [6, 6.07) is 6.73. The number of nitrogens with zero attached hydrogens (tertiary/aromatic N) is 2. The summed E-state index contributed by atoms with van der Waals surface area (Å²) in [7, 11) is 0. The largest absolute Gasteiger partial charge is 0.421 e. The van der Waals surface area contributed by atoms with Gasteiger partial charge in [0.25, 0.3) is 0 Å². The second-order valence-corrected chi connectivity index (χ2v) is 6.78. The number of nitrogens with two attached hydrogens (primary N) is 1. The summed E-state index contributed by atoms with van der Waals surface area (Å²) in [5.41, 5.74) is 4.40. The Balaban J connectivity index is 2.52. The number of benzene rings is 1. The average Bonchev–Trinajstić information content (AvgIpc) is 2.43. The van der Waals surface area contributed by atoms with E-state index in [0.717, 1.165) is 10.6 Å². The smallest absolute Gasteiger partial charge is 0.368 e. The molecule has 23 heavy (non-hydrogen) atoms. The number of halogens is 4. The number of alkyl halides is 3. The quantitative estimate of drug-likeness (QED) is 0.604. The van der Waals surface area contributed by atoms with Gasteiger partial charge in [-0.05, 0) is 18.1 Å². The van der Waals surface area contributed by atoms with Gasteiger partial charge in [-0.15, -0.1) is 11.8 Å². The van der Waals surface area contributed by atoms with Crippen molar-refractivity contribution in [2.24, 2.45) is 5.92 Å². The maximum atomic E-state index is 13.3. The van der Waals surface area contributed by atoms with Crippen LogP contribution >= 0.6 is 23.4 Å². The molecule has 8 heteroatoms. The Bertz CT molecular complexity index is 705. The maximum absolute atomic E-state index is 13.3. The van der Waals surface area contributed by atoms with E-state index in [-0.39, 0.29) is 11.6 Å². The van der Waals surface area contributed by atoms with Crippen LogP contribution in [0.3, 0.4) is 0 Å². The van der Waals surface area contributed by atoms with Crippen molar-refractivity contribution in [2.45, 2.75) is 24.9 Å². The predicted molar refractivity (Wildman–Crippen MR) is 87.5 cm³/mol. The van der Waals surface area contributed by atoms with Crippen molar-refractivity contribution < 1.29 is 13.2 Å². The van der Waals surface area contributed by atoms with Gasteiger partial charge >= 0.3 is 6.18 Å². The average molecular weight is 362 g/mol. The summed E-state index contributed by atoms with van der Waals surface area (Å²) in [6.45, 7) is 4.15. The highest BCUT2D eigenvalue weighted by atomic mass is 35.5. The first-order chi connectivity index (χ1) is 10.7. The number of rotatable bonds is 4. The van der Waals surface area contributed by atoms with Crippen molar-refractivity contribution in [2.75, 3.05) is 11.5 Å². The zero-order chi connectivity index (χ0) is 17.2. The van der Waals surface area contributed by atoms with Gasteiger partial charge in [-0.3, -0.25) is 0 Å². The highest BCUT2D eigenvalue weighted by Crippen LogP contribution is 2.40. The van der Waals surface area contributed by atoms with Crippen LogP contribution in [0.15, 0.2) is 29.2 Å². The lowest BCUT2D eigenvalue weighted by molar-refractivity contribution is -0.137. The van der Waals surface area contributed by atoms with E-state index < -0.39 is 16.9 Å². The molecule has 0 amide bonds. The predicted octanol–water partition coefficient (Wildman–Crippen LogP) is 5.15. The SMILES string of the molecule is CC(C)CSc1cccc(-c2nc(N)nc(Cl)c2C(F)(F)F)c1. The molecule has 1 aromatic carbocycles. The lowest BCUT2D eigenvalue weighted by atomic mass is 10.1. The molecule has 0 fully saturated rings. The Morgan fingerprint density at radius 1 is 1.26 bits per heavy atom. The molecule has 0 spiro atoms. The van der Waals surface area contributed by atoms with Gasteiger partial charge in [-0.2, -0.15) is 13.2 Å². The second-order valence-electron chi connectivity index (χ2n) is 5.33. The van der Waals surface area contributed by atoms with E-state index in [9.17, 15) is 13.2 Å². The third-order valence-corrected chi connectivity index (χ3v) is 4.55. The summed E-state index contributed by atoms with van der Waals surface area (Å²) in [6.07, 6.45) is -4.67. The molecule has 0 aliphatic heterocycles. The first-order valence-electron chi connectivity index (χ1n) is 6.82. The summed E-state index contributed by atoms with van der Waals surface area (Å²) >= 11 is 7.23. The Kier molecular flexibility index (Phi) is 5.41. The van der Waals surface area contributed by atoms with E-state index in [1.54, 1.807) is 30.0 Å². The second kappa shape index (κ2) is 6.97. The Hall–Kier alpha value is -1.47. The van der Waals surface area contributed by atoms with Crippen molar-refractivity contribution in [1.29, 1.82) is 0 Å². The van der Waals surface area contributed by atoms with Crippen molar-refractivity contribution in [3.63, 3.8) is 0 Å². The normalized spacial score (nSPS) is 12.0. The molecule has 0 atom stereocenters. The number of anilines is 1. The van der Waals surface area contributed by atoms with Gasteiger partial charge in [0.1, 0.15) is 10.7 Å². The monoisotopic (exact) mass is 361 g/mol. The van der Waals surface area contributed by atoms with Gasteiger partial charge in [-0.1, -0.05) is 37.6 Å². The fraction of sp³-hybridized carbons (Fsp3) is 0.333. The van der Waals surface area contributed by atoms with Crippen LogP contribution in [0.5, 0.6) is 0 Å². The molecule has 0 radical (unpaired) electrons.